The third kappa shape index (κ3) is 4.08. The summed E-state index contributed by atoms with van der Waals surface area (Å²) in [5, 5.41) is 6.15. The lowest BCUT2D eigenvalue weighted by atomic mass is 10.1. The first-order valence-electron chi connectivity index (χ1n) is 8.39. The summed E-state index contributed by atoms with van der Waals surface area (Å²) in [5.41, 5.74) is 3.34. The predicted molar refractivity (Wildman–Crippen MR) is 103 cm³/mol. The van der Waals surface area contributed by atoms with Gasteiger partial charge in [0.1, 0.15) is 11.6 Å². The summed E-state index contributed by atoms with van der Waals surface area (Å²) in [6.45, 7) is 3.24. The zero-order valence-electron chi connectivity index (χ0n) is 15.3. The molecular formula is C20H20FN3O3. The van der Waals surface area contributed by atoms with Crippen molar-refractivity contribution in [3.8, 4) is 5.75 Å². The molecule has 3 rings (SSSR count). The number of carbonyl (C=O) groups is 2. The molecule has 2 aromatic carbocycles. The molecule has 27 heavy (non-hydrogen) atoms. The van der Waals surface area contributed by atoms with Gasteiger partial charge in [-0.15, -0.1) is 0 Å². The Hall–Kier alpha value is -3.35. The zero-order valence-corrected chi connectivity index (χ0v) is 15.3. The number of carbonyl (C=O) groups excluding carboxylic acids is 2. The van der Waals surface area contributed by atoms with Crippen LogP contribution in [0.4, 0.5) is 15.8 Å². The number of anilines is 2. The number of halogens is 1. The third-order valence-electron chi connectivity index (χ3n) is 4.21. The number of aryl methyl sites for hydroxylation is 1. The summed E-state index contributed by atoms with van der Waals surface area (Å²) in [6.07, 6.45) is 0.0940. The summed E-state index contributed by atoms with van der Waals surface area (Å²) >= 11 is 0. The van der Waals surface area contributed by atoms with E-state index in [1.165, 1.54) is 26.2 Å². The molecule has 0 aliphatic heterocycles. The van der Waals surface area contributed by atoms with Crippen molar-refractivity contribution in [3.63, 3.8) is 0 Å². The molecular weight excluding hydrogens is 349 g/mol. The number of hydrogen-bond donors (Lipinski definition) is 3. The maximum absolute atomic E-state index is 13.6. The van der Waals surface area contributed by atoms with Crippen molar-refractivity contribution < 1.29 is 18.7 Å². The maximum Gasteiger partial charge on any atom is 0.228 e. The SMILES string of the molecule is COc1ccc(NC(=O)Cc2c(C)[nH]c3ccc(F)cc23)cc1NC(C)=O. The Labute approximate surface area is 155 Å². The van der Waals surface area contributed by atoms with E-state index in [1.807, 2.05) is 6.92 Å². The summed E-state index contributed by atoms with van der Waals surface area (Å²) in [5.74, 6) is -0.347. The zero-order chi connectivity index (χ0) is 19.6. The fourth-order valence-corrected chi connectivity index (χ4v) is 3.02. The van der Waals surface area contributed by atoms with Gasteiger partial charge in [-0.25, -0.2) is 4.39 Å². The van der Waals surface area contributed by atoms with Gasteiger partial charge in [-0.05, 0) is 48.9 Å². The number of fused-ring (bicyclic) bond motifs is 1. The van der Waals surface area contributed by atoms with Gasteiger partial charge in [0, 0.05) is 29.2 Å². The van der Waals surface area contributed by atoms with E-state index in [4.69, 9.17) is 4.74 Å². The number of methoxy groups -OCH3 is 1. The average Bonchev–Trinajstić information content (AvgIpc) is 2.90. The van der Waals surface area contributed by atoms with Crippen LogP contribution < -0.4 is 15.4 Å². The van der Waals surface area contributed by atoms with Crippen LogP contribution in [0.2, 0.25) is 0 Å². The minimum atomic E-state index is -0.349. The van der Waals surface area contributed by atoms with Gasteiger partial charge in [0.05, 0.1) is 19.2 Å². The Morgan fingerprint density at radius 3 is 2.63 bits per heavy atom. The fourth-order valence-electron chi connectivity index (χ4n) is 3.02. The van der Waals surface area contributed by atoms with Gasteiger partial charge in [-0.2, -0.15) is 0 Å². The van der Waals surface area contributed by atoms with Gasteiger partial charge >= 0.3 is 0 Å². The van der Waals surface area contributed by atoms with Crippen LogP contribution in [0.25, 0.3) is 10.9 Å². The van der Waals surface area contributed by atoms with E-state index in [9.17, 15) is 14.0 Å². The van der Waals surface area contributed by atoms with Crippen LogP contribution in [0.1, 0.15) is 18.2 Å². The number of hydrogen-bond acceptors (Lipinski definition) is 3. The van der Waals surface area contributed by atoms with E-state index in [0.29, 0.717) is 22.5 Å². The highest BCUT2D eigenvalue weighted by atomic mass is 19.1. The molecule has 0 saturated heterocycles. The second-order valence-corrected chi connectivity index (χ2v) is 6.24. The number of benzene rings is 2. The standard InChI is InChI=1S/C20H20FN3O3/c1-11-15(16-8-13(21)4-6-17(16)22-11)10-20(26)24-14-5-7-19(27-3)18(9-14)23-12(2)25/h4-9,22H,10H2,1-3H3,(H,23,25)(H,24,26). The quantitative estimate of drug-likeness (QED) is 0.640. The Morgan fingerprint density at radius 2 is 1.93 bits per heavy atom. The second-order valence-electron chi connectivity index (χ2n) is 6.24. The minimum absolute atomic E-state index is 0.0940. The summed E-state index contributed by atoms with van der Waals surface area (Å²) in [7, 11) is 1.50. The van der Waals surface area contributed by atoms with Gasteiger partial charge < -0.3 is 20.4 Å². The Morgan fingerprint density at radius 1 is 1.15 bits per heavy atom. The smallest absolute Gasteiger partial charge is 0.228 e. The molecule has 0 fully saturated rings. The van der Waals surface area contributed by atoms with E-state index in [-0.39, 0.29) is 24.1 Å². The van der Waals surface area contributed by atoms with Gasteiger partial charge in [0.2, 0.25) is 11.8 Å². The minimum Gasteiger partial charge on any atom is -0.495 e. The highest BCUT2D eigenvalue weighted by Gasteiger charge is 2.14. The van der Waals surface area contributed by atoms with Crippen LogP contribution in [0.3, 0.4) is 0 Å². The Balaban J connectivity index is 1.81. The molecule has 0 saturated carbocycles. The monoisotopic (exact) mass is 369 g/mol. The third-order valence-corrected chi connectivity index (χ3v) is 4.21. The van der Waals surface area contributed by atoms with Crippen molar-refractivity contribution in [3.05, 3.63) is 53.5 Å². The molecule has 0 bridgehead atoms. The molecule has 0 aliphatic rings. The second kappa shape index (κ2) is 7.49. The molecule has 1 heterocycles. The first-order valence-corrected chi connectivity index (χ1v) is 8.39. The number of ether oxygens (including phenoxy) is 1. The van der Waals surface area contributed by atoms with Crippen LogP contribution in [-0.2, 0) is 16.0 Å². The lowest BCUT2D eigenvalue weighted by Gasteiger charge is -2.12. The van der Waals surface area contributed by atoms with Crippen LogP contribution in [0.5, 0.6) is 5.75 Å². The molecule has 0 aliphatic carbocycles. The number of amides is 2. The number of rotatable bonds is 5. The highest BCUT2D eigenvalue weighted by molar-refractivity contribution is 5.98. The van der Waals surface area contributed by atoms with Crippen LogP contribution in [-0.4, -0.2) is 23.9 Å². The van der Waals surface area contributed by atoms with Gasteiger partial charge in [0.15, 0.2) is 0 Å². The van der Waals surface area contributed by atoms with Crippen LogP contribution in [0, 0.1) is 12.7 Å². The summed E-state index contributed by atoms with van der Waals surface area (Å²) < 4.78 is 18.8. The molecule has 6 nitrogen and oxygen atoms in total. The van der Waals surface area contributed by atoms with E-state index in [0.717, 1.165) is 16.8 Å². The molecule has 140 valence electrons. The number of H-pyrrole nitrogens is 1. The Kier molecular flexibility index (Phi) is 5.12. The number of nitrogens with one attached hydrogen (secondary N) is 3. The van der Waals surface area contributed by atoms with Crippen molar-refractivity contribution in [2.45, 2.75) is 20.3 Å². The number of aromatic amines is 1. The van der Waals surface area contributed by atoms with Crippen molar-refractivity contribution in [2.75, 3.05) is 17.7 Å². The number of aromatic nitrogens is 1. The van der Waals surface area contributed by atoms with Gasteiger partial charge in [-0.3, -0.25) is 9.59 Å². The van der Waals surface area contributed by atoms with Crippen molar-refractivity contribution in [1.82, 2.24) is 4.98 Å². The maximum atomic E-state index is 13.6. The van der Waals surface area contributed by atoms with E-state index >= 15 is 0 Å². The summed E-state index contributed by atoms with van der Waals surface area (Å²) in [4.78, 5) is 27.0. The molecule has 7 heteroatoms. The van der Waals surface area contributed by atoms with Gasteiger partial charge in [-0.1, -0.05) is 0 Å². The molecule has 1 aromatic heterocycles. The topological polar surface area (TPSA) is 83.2 Å². The van der Waals surface area contributed by atoms with E-state index in [2.05, 4.69) is 15.6 Å². The first-order chi connectivity index (χ1) is 12.9. The van der Waals surface area contributed by atoms with E-state index < -0.39 is 0 Å². The van der Waals surface area contributed by atoms with E-state index in [1.54, 1.807) is 24.3 Å². The fraction of sp³-hybridized carbons (Fsp3) is 0.200. The lowest BCUT2D eigenvalue weighted by Crippen LogP contribution is -2.15. The first kappa shape index (κ1) is 18.4. The largest absolute Gasteiger partial charge is 0.495 e. The molecule has 0 unspecified atom stereocenters. The highest BCUT2D eigenvalue weighted by Crippen LogP contribution is 2.28. The molecule has 3 aromatic rings. The normalized spacial score (nSPS) is 10.7. The Bertz CT molecular complexity index is 1030. The van der Waals surface area contributed by atoms with Crippen LogP contribution in [0.15, 0.2) is 36.4 Å². The molecule has 0 spiro atoms. The predicted octanol–water partition coefficient (Wildman–Crippen LogP) is 3.76. The lowest BCUT2D eigenvalue weighted by molar-refractivity contribution is -0.115. The van der Waals surface area contributed by atoms with Gasteiger partial charge in [0.25, 0.3) is 0 Å². The average molecular weight is 369 g/mol. The molecule has 2 amide bonds. The van der Waals surface area contributed by atoms with Crippen LogP contribution >= 0.6 is 0 Å². The molecule has 0 atom stereocenters. The van der Waals surface area contributed by atoms with Crippen molar-refractivity contribution in [1.29, 1.82) is 0 Å². The molecule has 3 N–H and O–H groups in total. The molecule has 0 radical (unpaired) electrons. The summed E-state index contributed by atoms with van der Waals surface area (Å²) in [6, 6.07) is 9.42. The van der Waals surface area contributed by atoms with Crippen molar-refractivity contribution >= 4 is 34.1 Å². The van der Waals surface area contributed by atoms with Crippen molar-refractivity contribution in [2.24, 2.45) is 0 Å².